The van der Waals surface area contributed by atoms with E-state index in [0.29, 0.717) is 18.4 Å². The SMILES string of the molecule is NC1(C(=O)C2(c3ccccc3)C=C(c3cc(F)ccc3F)CN2)CC=CC1. The van der Waals surface area contributed by atoms with Crippen molar-refractivity contribution in [3.63, 3.8) is 0 Å². The molecule has 0 radical (unpaired) electrons. The minimum absolute atomic E-state index is 0.156. The van der Waals surface area contributed by atoms with E-state index in [4.69, 9.17) is 5.73 Å². The van der Waals surface area contributed by atoms with Crippen LogP contribution in [0.1, 0.15) is 24.0 Å². The van der Waals surface area contributed by atoms with Crippen molar-refractivity contribution in [2.75, 3.05) is 6.54 Å². The zero-order valence-corrected chi connectivity index (χ0v) is 14.7. The molecule has 5 heteroatoms. The molecule has 1 atom stereocenters. The fourth-order valence-corrected chi connectivity index (χ4v) is 3.93. The van der Waals surface area contributed by atoms with Gasteiger partial charge in [0, 0.05) is 12.1 Å². The molecule has 3 nitrogen and oxygen atoms in total. The van der Waals surface area contributed by atoms with Crippen LogP contribution < -0.4 is 11.1 Å². The van der Waals surface area contributed by atoms with Crippen molar-refractivity contribution >= 4 is 11.4 Å². The van der Waals surface area contributed by atoms with Crippen molar-refractivity contribution in [3.8, 4) is 0 Å². The number of benzene rings is 2. The van der Waals surface area contributed by atoms with E-state index in [1.54, 1.807) is 6.08 Å². The van der Waals surface area contributed by atoms with Crippen LogP contribution in [-0.2, 0) is 10.3 Å². The van der Waals surface area contributed by atoms with Gasteiger partial charge in [-0.25, -0.2) is 8.78 Å². The highest BCUT2D eigenvalue weighted by Crippen LogP contribution is 2.39. The van der Waals surface area contributed by atoms with Crippen molar-refractivity contribution in [1.29, 1.82) is 0 Å². The predicted molar refractivity (Wildman–Crippen MR) is 101 cm³/mol. The Balaban J connectivity index is 1.84. The lowest BCUT2D eigenvalue weighted by atomic mass is 9.75. The van der Waals surface area contributed by atoms with Crippen molar-refractivity contribution < 1.29 is 13.6 Å². The van der Waals surface area contributed by atoms with Gasteiger partial charge >= 0.3 is 0 Å². The largest absolute Gasteiger partial charge is 0.318 e. The molecule has 0 amide bonds. The lowest BCUT2D eigenvalue weighted by Crippen LogP contribution is -2.59. The maximum Gasteiger partial charge on any atom is 0.181 e. The van der Waals surface area contributed by atoms with E-state index in [1.807, 2.05) is 42.5 Å². The van der Waals surface area contributed by atoms with Gasteiger partial charge in [-0.2, -0.15) is 0 Å². The second kappa shape index (κ2) is 6.51. The molecule has 4 rings (SSSR count). The molecule has 0 spiro atoms. The van der Waals surface area contributed by atoms with E-state index in [2.05, 4.69) is 5.32 Å². The Labute approximate surface area is 156 Å². The zero-order chi connectivity index (χ0) is 19.1. The topological polar surface area (TPSA) is 55.1 Å². The van der Waals surface area contributed by atoms with E-state index < -0.39 is 22.7 Å². The number of nitrogens with one attached hydrogen (secondary N) is 1. The quantitative estimate of drug-likeness (QED) is 0.815. The van der Waals surface area contributed by atoms with Crippen LogP contribution in [0, 0.1) is 11.6 Å². The highest BCUT2D eigenvalue weighted by molar-refractivity contribution is 6.02. The summed E-state index contributed by atoms with van der Waals surface area (Å²) in [6.07, 6.45) is 6.43. The summed E-state index contributed by atoms with van der Waals surface area (Å²) < 4.78 is 28.0. The summed E-state index contributed by atoms with van der Waals surface area (Å²) in [4.78, 5) is 13.6. The third-order valence-electron chi connectivity index (χ3n) is 5.39. The minimum Gasteiger partial charge on any atom is -0.318 e. The summed E-state index contributed by atoms with van der Waals surface area (Å²) in [7, 11) is 0. The van der Waals surface area contributed by atoms with Crippen LogP contribution in [0.15, 0.2) is 66.8 Å². The van der Waals surface area contributed by atoms with Crippen molar-refractivity contribution in [2.45, 2.75) is 23.9 Å². The van der Waals surface area contributed by atoms with Crippen LogP contribution in [0.3, 0.4) is 0 Å². The van der Waals surface area contributed by atoms with Crippen LogP contribution >= 0.6 is 0 Å². The Morgan fingerprint density at radius 3 is 2.44 bits per heavy atom. The van der Waals surface area contributed by atoms with Crippen molar-refractivity contribution in [2.24, 2.45) is 5.73 Å². The number of carbonyl (C=O) groups excluding carboxylic acids is 1. The molecule has 0 saturated heterocycles. The molecular weight excluding hydrogens is 346 g/mol. The highest BCUT2D eigenvalue weighted by Gasteiger charge is 2.50. The molecule has 2 aliphatic rings. The van der Waals surface area contributed by atoms with Gasteiger partial charge in [-0.3, -0.25) is 10.1 Å². The first-order valence-electron chi connectivity index (χ1n) is 8.91. The van der Waals surface area contributed by atoms with Crippen molar-refractivity contribution in [1.82, 2.24) is 5.32 Å². The lowest BCUT2D eigenvalue weighted by molar-refractivity contribution is -0.128. The summed E-state index contributed by atoms with van der Waals surface area (Å²) >= 11 is 0. The van der Waals surface area contributed by atoms with Gasteiger partial charge in [0.05, 0.1) is 5.54 Å². The van der Waals surface area contributed by atoms with Crippen molar-refractivity contribution in [3.05, 3.63) is 89.5 Å². The van der Waals surface area contributed by atoms with Crippen LogP contribution in [0.25, 0.3) is 5.57 Å². The average molecular weight is 366 g/mol. The summed E-state index contributed by atoms with van der Waals surface area (Å²) in [5.74, 6) is -1.21. The lowest BCUT2D eigenvalue weighted by Gasteiger charge is -2.35. The Hall–Kier alpha value is -2.63. The Kier molecular flexibility index (Phi) is 4.29. The maximum atomic E-state index is 14.3. The first kappa shape index (κ1) is 17.8. The number of nitrogens with two attached hydrogens (primary N) is 1. The fourth-order valence-electron chi connectivity index (χ4n) is 3.93. The van der Waals surface area contributed by atoms with Gasteiger partial charge in [-0.15, -0.1) is 0 Å². The Morgan fingerprint density at radius 1 is 1.04 bits per heavy atom. The minimum atomic E-state index is -1.17. The number of halogens is 2. The van der Waals surface area contributed by atoms with E-state index >= 15 is 0 Å². The average Bonchev–Trinajstić information content (AvgIpc) is 3.32. The molecule has 1 heterocycles. The Bertz CT molecular complexity index is 944. The first-order valence-corrected chi connectivity index (χ1v) is 8.91. The molecule has 1 aliphatic carbocycles. The smallest absolute Gasteiger partial charge is 0.181 e. The number of hydrogen-bond acceptors (Lipinski definition) is 3. The molecule has 1 unspecified atom stereocenters. The third-order valence-corrected chi connectivity index (χ3v) is 5.39. The van der Waals surface area contributed by atoms with Gasteiger partial charge < -0.3 is 5.73 Å². The van der Waals surface area contributed by atoms with E-state index in [1.165, 1.54) is 0 Å². The van der Waals surface area contributed by atoms with Gasteiger partial charge in [0.2, 0.25) is 0 Å². The number of ketones is 1. The van der Waals surface area contributed by atoms with Crippen LogP contribution in [-0.4, -0.2) is 17.9 Å². The van der Waals surface area contributed by atoms with Crippen LogP contribution in [0.5, 0.6) is 0 Å². The number of rotatable bonds is 4. The highest BCUT2D eigenvalue weighted by atomic mass is 19.1. The van der Waals surface area contributed by atoms with Gasteiger partial charge in [0.15, 0.2) is 5.78 Å². The molecule has 3 N–H and O–H groups in total. The first-order chi connectivity index (χ1) is 12.9. The Morgan fingerprint density at radius 2 is 1.74 bits per heavy atom. The molecule has 27 heavy (non-hydrogen) atoms. The van der Waals surface area contributed by atoms with E-state index in [9.17, 15) is 13.6 Å². The monoisotopic (exact) mass is 366 g/mol. The summed E-state index contributed by atoms with van der Waals surface area (Å²) in [5, 5.41) is 3.24. The predicted octanol–water partition coefficient (Wildman–Crippen LogP) is 3.46. The molecule has 0 fully saturated rings. The maximum absolute atomic E-state index is 14.3. The number of carbonyl (C=O) groups is 1. The second-order valence-corrected chi connectivity index (χ2v) is 7.19. The molecule has 2 aromatic rings. The summed E-state index contributed by atoms with van der Waals surface area (Å²) in [5.41, 5.74) is 5.67. The van der Waals surface area contributed by atoms with Crippen LogP contribution in [0.4, 0.5) is 8.78 Å². The third kappa shape index (κ3) is 2.93. The standard InChI is InChI=1S/C22H20F2N2O/c23-17-8-9-19(24)18(12-17)15-13-22(26-14-15,16-6-2-1-3-7-16)20(27)21(25)10-4-5-11-21/h1-9,12-13,26H,10-11,14,25H2. The summed E-state index contributed by atoms with van der Waals surface area (Å²) in [6, 6.07) is 12.6. The fraction of sp³-hybridized carbons (Fsp3) is 0.227. The van der Waals surface area contributed by atoms with E-state index in [-0.39, 0.29) is 17.9 Å². The van der Waals surface area contributed by atoms with Crippen LogP contribution in [0.2, 0.25) is 0 Å². The van der Waals surface area contributed by atoms with Gasteiger partial charge in [0.25, 0.3) is 0 Å². The normalized spacial score (nSPS) is 23.4. The molecule has 2 aromatic carbocycles. The van der Waals surface area contributed by atoms with Gasteiger partial charge in [-0.05, 0) is 48.3 Å². The molecule has 1 aliphatic heterocycles. The molecular formula is C22H20F2N2O. The zero-order valence-electron chi connectivity index (χ0n) is 14.7. The molecule has 0 aromatic heterocycles. The number of Topliss-reactive ketones (excluding diaryl/α,β-unsaturated/α-hetero) is 1. The summed E-state index contributed by atoms with van der Waals surface area (Å²) in [6.45, 7) is 0.241. The number of hydrogen-bond donors (Lipinski definition) is 2. The van der Waals surface area contributed by atoms with Gasteiger partial charge in [0.1, 0.15) is 17.2 Å². The molecule has 138 valence electrons. The van der Waals surface area contributed by atoms with Gasteiger partial charge in [-0.1, -0.05) is 42.5 Å². The van der Waals surface area contributed by atoms with E-state index in [0.717, 1.165) is 23.8 Å². The second-order valence-electron chi connectivity index (χ2n) is 7.19. The molecule has 0 saturated carbocycles. The molecule has 0 bridgehead atoms.